The molecule has 0 saturated heterocycles. The molecule has 3 rings (SSSR count). The van der Waals surface area contributed by atoms with Gasteiger partial charge in [0.2, 0.25) is 0 Å². The number of aromatic hydroxyl groups is 1. The summed E-state index contributed by atoms with van der Waals surface area (Å²) in [6.07, 6.45) is 0. The van der Waals surface area contributed by atoms with Crippen molar-refractivity contribution in [2.45, 2.75) is 6.61 Å². The molecule has 2 aromatic rings. The molecule has 1 heterocycles. The van der Waals surface area contributed by atoms with E-state index in [1.54, 1.807) is 19.2 Å². The molecule has 0 aromatic heterocycles. The zero-order valence-electron chi connectivity index (χ0n) is 9.19. The highest BCUT2D eigenvalue weighted by Gasteiger charge is 2.31. The van der Waals surface area contributed by atoms with Crippen molar-refractivity contribution >= 4 is 16.7 Å². The zero-order valence-corrected chi connectivity index (χ0v) is 9.19. The number of hydrogen-bond donors (Lipinski definition) is 1. The molecule has 2 aromatic carbocycles. The van der Waals surface area contributed by atoms with Gasteiger partial charge < -0.3 is 14.6 Å². The van der Waals surface area contributed by atoms with Crippen LogP contribution in [0, 0.1) is 0 Å². The van der Waals surface area contributed by atoms with E-state index in [0.29, 0.717) is 16.7 Å². The van der Waals surface area contributed by atoms with E-state index in [9.17, 15) is 9.90 Å². The molecule has 0 radical (unpaired) electrons. The van der Waals surface area contributed by atoms with Crippen LogP contribution in [0.4, 0.5) is 0 Å². The first-order valence-corrected chi connectivity index (χ1v) is 5.21. The molecule has 0 aliphatic carbocycles. The Morgan fingerprint density at radius 3 is 2.71 bits per heavy atom. The number of cyclic esters (lactones) is 1. The molecule has 0 atom stereocenters. The van der Waals surface area contributed by atoms with Gasteiger partial charge in [-0.1, -0.05) is 24.3 Å². The fourth-order valence-electron chi connectivity index (χ4n) is 2.24. The molecule has 4 heteroatoms. The lowest BCUT2D eigenvalue weighted by Gasteiger charge is -2.11. The molecule has 0 spiro atoms. The minimum Gasteiger partial charge on any atom is -0.506 e. The lowest BCUT2D eigenvalue weighted by Crippen LogP contribution is -1.97. The smallest absolute Gasteiger partial charge is 0.342 e. The number of fused-ring (bicyclic) bond motifs is 2. The molecule has 86 valence electrons. The van der Waals surface area contributed by atoms with Crippen LogP contribution in [0.25, 0.3) is 10.8 Å². The van der Waals surface area contributed by atoms with Crippen molar-refractivity contribution in [3.8, 4) is 11.5 Å². The number of carbonyl (C=O) groups excluding carboxylic acids is 1. The van der Waals surface area contributed by atoms with E-state index in [4.69, 9.17) is 9.47 Å². The summed E-state index contributed by atoms with van der Waals surface area (Å²) in [5.41, 5.74) is 0.842. The van der Waals surface area contributed by atoms with Crippen LogP contribution in [-0.4, -0.2) is 18.2 Å². The van der Waals surface area contributed by atoms with Crippen molar-refractivity contribution < 1.29 is 19.4 Å². The van der Waals surface area contributed by atoms with Crippen LogP contribution >= 0.6 is 0 Å². The summed E-state index contributed by atoms with van der Waals surface area (Å²) in [6.45, 7) is 0.149. The van der Waals surface area contributed by atoms with Gasteiger partial charge in [-0.05, 0) is 0 Å². The topological polar surface area (TPSA) is 55.8 Å². The van der Waals surface area contributed by atoms with Gasteiger partial charge in [-0.2, -0.15) is 0 Å². The Balaban J connectivity index is 2.51. The van der Waals surface area contributed by atoms with Crippen molar-refractivity contribution in [3.63, 3.8) is 0 Å². The van der Waals surface area contributed by atoms with Gasteiger partial charge in [0, 0.05) is 10.8 Å². The standard InChI is InChI=1S/C13H10O4/c1-16-12-8-5-3-2-4-7(8)11(14)10-9(12)6-17-13(10)15/h2-5,14H,6H2,1H3. The Labute approximate surface area is 97.4 Å². The minimum atomic E-state index is -0.499. The molecular weight excluding hydrogens is 220 g/mol. The van der Waals surface area contributed by atoms with Gasteiger partial charge in [0.15, 0.2) is 0 Å². The quantitative estimate of drug-likeness (QED) is 0.763. The molecule has 1 N–H and O–H groups in total. The number of rotatable bonds is 1. The molecular formula is C13H10O4. The van der Waals surface area contributed by atoms with Crippen molar-refractivity contribution in [2.24, 2.45) is 0 Å². The van der Waals surface area contributed by atoms with E-state index in [0.717, 1.165) is 5.39 Å². The van der Waals surface area contributed by atoms with Crippen LogP contribution in [0.15, 0.2) is 24.3 Å². The van der Waals surface area contributed by atoms with Crippen molar-refractivity contribution in [3.05, 3.63) is 35.4 Å². The second kappa shape index (κ2) is 3.38. The highest BCUT2D eigenvalue weighted by molar-refractivity contribution is 6.07. The van der Waals surface area contributed by atoms with Crippen LogP contribution in [-0.2, 0) is 11.3 Å². The average molecular weight is 230 g/mol. The summed E-state index contributed by atoms with van der Waals surface area (Å²) in [7, 11) is 1.54. The fraction of sp³-hybridized carbons (Fsp3) is 0.154. The lowest BCUT2D eigenvalue weighted by atomic mass is 9.99. The van der Waals surface area contributed by atoms with Gasteiger partial charge in [-0.25, -0.2) is 4.79 Å². The molecule has 0 fully saturated rings. The summed E-state index contributed by atoms with van der Waals surface area (Å²) in [6, 6.07) is 7.25. The number of esters is 1. The van der Waals surface area contributed by atoms with Crippen LogP contribution in [0.1, 0.15) is 15.9 Å². The minimum absolute atomic E-state index is 0.0288. The SMILES string of the molecule is COc1c2c(c(O)c3ccccc13)C(=O)OC2. The van der Waals surface area contributed by atoms with E-state index in [1.165, 1.54) is 0 Å². The Morgan fingerprint density at radius 2 is 2.00 bits per heavy atom. The maximum absolute atomic E-state index is 11.6. The third-order valence-corrected chi connectivity index (χ3v) is 3.00. The number of hydrogen-bond acceptors (Lipinski definition) is 4. The summed E-state index contributed by atoms with van der Waals surface area (Å²) < 4.78 is 10.3. The largest absolute Gasteiger partial charge is 0.506 e. The first-order valence-electron chi connectivity index (χ1n) is 5.21. The third-order valence-electron chi connectivity index (χ3n) is 3.00. The first-order chi connectivity index (χ1) is 8.24. The average Bonchev–Trinajstić information content (AvgIpc) is 2.73. The highest BCUT2D eigenvalue weighted by atomic mass is 16.5. The van der Waals surface area contributed by atoms with Gasteiger partial charge in [0.1, 0.15) is 23.7 Å². The monoisotopic (exact) mass is 230 g/mol. The van der Waals surface area contributed by atoms with Crippen molar-refractivity contribution in [1.29, 1.82) is 0 Å². The molecule has 4 nitrogen and oxygen atoms in total. The zero-order chi connectivity index (χ0) is 12.0. The number of phenolic OH excluding ortho intramolecular Hbond substituents is 1. The molecule has 0 unspecified atom stereocenters. The second-order valence-electron chi connectivity index (χ2n) is 3.86. The number of benzene rings is 2. The highest BCUT2D eigenvalue weighted by Crippen LogP contribution is 2.43. The number of methoxy groups -OCH3 is 1. The third kappa shape index (κ3) is 1.21. The van der Waals surface area contributed by atoms with E-state index in [-0.39, 0.29) is 17.9 Å². The van der Waals surface area contributed by atoms with Gasteiger partial charge in [-0.15, -0.1) is 0 Å². The van der Waals surface area contributed by atoms with Crippen LogP contribution in [0.2, 0.25) is 0 Å². The van der Waals surface area contributed by atoms with Crippen molar-refractivity contribution in [1.82, 2.24) is 0 Å². The van der Waals surface area contributed by atoms with E-state index >= 15 is 0 Å². The molecule has 1 aliphatic heterocycles. The number of carbonyl (C=O) groups is 1. The summed E-state index contributed by atoms with van der Waals surface area (Å²) in [5.74, 6) is 0.0692. The molecule has 17 heavy (non-hydrogen) atoms. The normalized spacial score (nSPS) is 13.6. The Kier molecular flexibility index (Phi) is 1.98. The second-order valence-corrected chi connectivity index (χ2v) is 3.86. The maximum atomic E-state index is 11.6. The van der Waals surface area contributed by atoms with Gasteiger partial charge in [-0.3, -0.25) is 0 Å². The predicted octanol–water partition coefficient (Wildman–Crippen LogP) is 2.22. The van der Waals surface area contributed by atoms with Crippen LogP contribution in [0.5, 0.6) is 11.5 Å². The Hall–Kier alpha value is -2.23. The van der Waals surface area contributed by atoms with Gasteiger partial charge in [0.05, 0.1) is 12.7 Å². The predicted molar refractivity (Wildman–Crippen MR) is 61.3 cm³/mol. The van der Waals surface area contributed by atoms with Crippen LogP contribution < -0.4 is 4.74 Å². The summed E-state index contributed by atoms with van der Waals surface area (Å²) >= 11 is 0. The van der Waals surface area contributed by atoms with Gasteiger partial charge >= 0.3 is 5.97 Å². The van der Waals surface area contributed by atoms with E-state index in [2.05, 4.69) is 0 Å². The number of ether oxygens (including phenoxy) is 2. The molecule has 0 bridgehead atoms. The van der Waals surface area contributed by atoms with Crippen molar-refractivity contribution in [2.75, 3.05) is 7.11 Å². The molecule has 0 saturated carbocycles. The molecule has 0 amide bonds. The van der Waals surface area contributed by atoms with Gasteiger partial charge in [0.25, 0.3) is 0 Å². The lowest BCUT2D eigenvalue weighted by molar-refractivity contribution is 0.0532. The number of phenols is 1. The molecule has 1 aliphatic rings. The van der Waals surface area contributed by atoms with E-state index < -0.39 is 5.97 Å². The van der Waals surface area contributed by atoms with Crippen LogP contribution in [0.3, 0.4) is 0 Å². The van der Waals surface area contributed by atoms with E-state index in [1.807, 2.05) is 12.1 Å². The Bertz CT molecular complexity index is 631. The summed E-state index contributed by atoms with van der Waals surface area (Å²) in [4.78, 5) is 11.6. The first kappa shape index (κ1) is 9.96. The Morgan fingerprint density at radius 1 is 1.29 bits per heavy atom. The fourth-order valence-corrected chi connectivity index (χ4v) is 2.24. The maximum Gasteiger partial charge on any atom is 0.342 e. The summed E-state index contributed by atoms with van der Waals surface area (Å²) in [5, 5.41) is 11.5.